The molecule has 0 unspecified atom stereocenters. The molecule has 0 radical (unpaired) electrons. The largest absolute Gasteiger partial charge is 0.492 e. The van der Waals surface area contributed by atoms with Crippen LogP contribution in [-0.4, -0.2) is 59.7 Å². The molecule has 1 aliphatic carbocycles. The molecule has 0 bridgehead atoms. The first-order valence-electron chi connectivity index (χ1n) is 13.9. The lowest BCUT2D eigenvalue weighted by Crippen LogP contribution is -2.57. The zero-order chi connectivity index (χ0) is 29.2. The van der Waals surface area contributed by atoms with Crippen molar-refractivity contribution in [1.82, 2.24) is 4.90 Å². The maximum absolute atomic E-state index is 14.2. The number of nitrogens with one attached hydrogen (secondary N) is 1. The first-order chi connectivity index (χ1) is 19.4. The minimum atomic E-state index is -4.68. The number of hydrogen-bond acceptors (Lipinski definition) is 6. The van der Waals surface area contributed by atoms with E-state index in [0.717, 1.165) is 17.3 Å². The molecule has 0 aromatic heterocycles. The summed E-state index contributed by atoms with van der Waals surface area (Å²) in [6.07, 6.45) is -2.79. The fraction of sp³-hybridized carbons (Fsp3) is 0.500. The second-order valence-corrected chi connectivity index (χ2v) is 11.9. The molecule has 2 aromatic rings. The topological polar surface area (TPSA) is 106 Å². The van der Waals surface area contributed by atoms with Gasteiger partial charge in [0, 0.05) is 24.7 Å². The summed E-state index contributed by atoms with van der Waals surface area (Å²) in [5.41, 5.74) is -0.163. The van der Waals surface area contributed by atoms with E-state index >= 15 is 0 Å². The number of carbonyl (C=O) groups is 2. The predicted molar refractivity (Wildman–Crippen MR) is 144 cm³/mol. The standard InChI is InChI=1S/C30H31F3N4O4/c1-28(40)15-20(16-28)37-25(38)5-3-19-13-21(14-23(26(19)37)30(31,32)33)41-11-10-36-8-6-29(7-9-36)22-12-18(17-34)2-4-24(22)35-27(29)39/h2,4,12-14,20,40H,3,5-11,15-16H2,1H3,(H,35,39)/t20-,28+. The number of halogens is 3. The molecular weight excluding hydrogens is 537 g/mol. The average molecular weight is 569 g/mol. The van der Waals surface area contributed by atoms with E-state index in [1.807, 2.05) is 0 Å². The third-order valence-corrected chi connectivity index (χ3v) is 9.03. The molecule has 1 saturated carbocycles. The maximum Gasteiger partial charge on any atom is 0.418 e. The SMILES string of the molecule is C[C@]1(O)C[C@@H](N2C(=O)CCc3cc(OCCN4CCC5(CC4)C(=O)Nc4ccc(C#N)cc45)cc(C(F)(F)F)c32)C1. The molecule has 3 aliphatic heterocycles. The summed E-state index contributed by atoms with van der Waals surface area (Å²) in [5.74, 6) is -0.319. The van der Waals surface area contributed by atoms with E-state index in [9.17, 15) is 33.1 Å². The third kappa shape index (κ3) is 4.83. The highest BCUT2D eigenvalue weighted by molar-refractivity contribution is 6.06. The van der Waals surface area contributed by atoms with E-state index in [0.29, 0.717) is 43.6 Å². The van der Waals surface area contributed by atoms with Crippen LogP contribution in [0, 0.1) is 11.3 Å². The van der Waals surface area contributed by atoms with E-state index in [1.165, 1.54) is 4.90 Å². The van der Waals surface area contributed by atoms with Gasteiger partial charge in [0.05, 0.1) is 33.9 Å². The van der Waals surface area contributed by atoms with Crippen LogP contribution in [-0.2, 0) is 27.6 Å². The average Bonchev–Trinajstić information content (AvgIpc) is 3.17. The number of likely N-dealkylation sites (tertiary alicyclic amines) is 1. The summed E-state index contributed by atoms with van der Waals surface area (Å²) in [6.45, 7) is 3.47. The Kier molecular flexibility index (Phi) is 6.54. The first kappa shape index (κ1) is 27.5. The molecule has 4 aliphatic rings. The van der Waals surface area contributed by atoms with Crippen molar-refractivity contribution in [2.75, 3.05) is 36.5 Å². The Bertz CT molecular complexity index is 1450. The Balaban J connectivity index is 1.14. The number of aliphatic hydroxyl groups is 1. The number of ether oxygens (including phenoxy) is 1. The van der Waals surface area contributed by atoms with Gasteiger partial charge < -0.3 is 20.1 Å². The van der Waals surface area contributed by atoms with Gasteiger partial charge in [0.1, 0.15) is 12.4 Å². The van der Waals surface area contributed by atoms with Crippen molar-refractivity contribution in [2.45, 2.75) is 68.7 Å². The number of nitriles is 1. The predicted octanol–water partition coefficient (Wildman–Crippen LogP) is 4.13. The van der Waals surface area contributed by atoms with Crippen LogP contribution in [0.5, 0.6) is 5.75 Å². The molecule has 8 nitrogen and oxygen atoms in total. The fourth-order valence-corrected chi connectivity index (χ4v) is 6.88. The van der Waals surface area contributed by atoms with Crippen LogP contribution >= 0.6 is 0 Å². The molecule has 3 heterocycles. The molecule has 2 amide bonds. The molecule has 216 valence electrons. The van der Waals surface area contributed by atoms with Crippen LogP contribution in [0.25, 0.3) is 0 Å². The second-order valence-electron chi connectivity index (χ2n) is 11.9. The molecule has 2 fully saturated rings. The van der Waals surface area contributed by atoms with Crippen molar-refractivity contribution in [3.8, 4) is 11.8 Å². The van der Waals surface area contributed by atoms with E-state index in [4.69, 9.17) is 4.74 Å². The van der Waals surface area contributed by atoms with E-state index in [2.05, 4.69) is 16.3 Å². The van der Waals surface area contributed by atoms with Gasteiger partial charge in [-0.05, 0) is 93.6 Å². The minimum absolute atomic E-state index is 0.0646. The van der Waals surface area contributed by atoms with Gasteiger partial charge in [0.15, 0.2) is 0 Å². The van der Waals surface area contributed by atoms with E-state index in [1.54, 1.807) is 31.2 Å². The van der Waals surface area contributed by atoms with Gasteiger partial charge >= 0.3 is 6.18 Å². The van der Waals surface area contributed by atoms with Crippen molar-refractivity contribution in [1.29, 1.82) is 5.26 Å². The molecule has 11 heteroatoms. The summed E-state index contributed by atoms with van der Waals surface area (Å²) in [5, 5.41) is 22.4. The molecule has 2 aromatic carbocycles. The van der Waals surface area contributed by atoms with E-state index < -0.39 is 28.8 Å². The van der Waals surface area contributed by atoms with Crippen molar-refractivity contribution in [3.63, 3.8) is 0 Å². The van der Waals surface area contributed by atoms with Crippen LogP contribution < -0.4 is 15.0 Å². The molecular formula is C30H31F3N4O4. The number of anilines is 2. The summed E-state index contributed by atoms with van der Waals surface area (Å²) in [4.78, 5) is 29.0. The lowest BCUT2D eigenvalue weighted by molar-refractivity contribution is -0.137. The molecule has 1 saturated heterocycles. The third-order valence-electron chi connectivity index (χ3n) is 9.03. The highest BCUT2D eigenvalue weighted by atomic mass is 19.4. The van der Waals surface area contributed by atoms with Gasteiger partial charge in [-0.1, -0.05) is 0 Å². The molecule has 0 atom stereocenters. The van der Waals surface area contributed by atoms with Gasteiger partial charge in [0.2, 0.25) is 11.8 Å². The normalized spacial score (nSPS) is 25.3. The minimum Gasteiger partial charge on any atom is -0.492 e. The maximum atomic E-state index is 14.2. The van der Waals surface area contributed by atoms with Gasteiger partial charge in [-0.3, -0.25) is 14.5 Å². The van der Waals surface area contributed by atoms with Gasteiger partial charge in [0.25, 0.3) is 0 Å². The van der Waals surface area contributed by atoms with Crippen LogP contribution in [0.3, 0.4) is 0 Å². The van der Waals surface area contributed by atoms with Gasteiger partial charge in [-0.15, -0.1) is 0 Å². The number of aryl methyl sites for hydroxylation is 1. The van der Waals surface area contributed by atoms with Crippen LogP contribution in [0.4, 0.5) is 24.5 Å². The Hall–Kier alpha value is -3.62. The van der Waals surface area contributed by atoms with Crippen molar-refractivity contribution >= 4 is 23.2 Å². The van der Waals surface area contributed by atoms with Crippen LogP contribution in [0.2, 0.25) is 0 Å². The molecule has 41 heavy (non-hydrogen) atoms. The highest BCUT2D eigenvalue weighted by Gasteiger charge is 2.49. The molecule has 6 rings (SSSR count). The number of benzene rings is 2. The van der Waals surface area contributed by atoms with Crippen molar-refractivity contribution < 1.29 is 32.6 Å². The van der Waals surface area contributed by atoms with Gasteiger partial charge in [-0.2, -0.15) is 18.4 Å². The summed E-state index contributed by atoms with van der Waals surface area (Å²) < 4.78 is 48.5. The monoisotopic (exact) mass is 568 g/mol. The quantitative estimate of drug-likeness (QED) is 0.562. The first-order valence-corrected chi connectivity index (χ1v) is 13.9. The number of amides is 2. The van der Waals surface area contributed by atoms with Crippen molar-refractivity contribution in [3.05, 3.63) is 52.6 Å². The van der Waals surface area contributed by atoms with Crippen molar-refractivity contribution in [2.24, 2.45) is 0 Å². The number of piperidine rings is 1. The second kappa shape index (κ2) is 9.74. The zero-order valence-corrected chi connectivity index (χ0v) is 22.7. The summed E-state index contributed by atoms with van der Waals surface area (Å²) in [6, 6.07) is 9.46. The number of rotatable bonds is 5. The number of carbonyl (C=O) groups excluding carboxylic acids is 2. The number of hydrogen-bond donors (Lipinski definition) is 2. The Labute approximate surface area is 235 Å². The zero-order valence-electron chi connectivity index (χ0n) is 22.7. The van der Waals surface area contributed by atoms with Gasteiger partial charge in [-0.25, -0.2) is 0 Å². The van der Waals surface area contributed by atoms with E-state index in [-0.39, 0.29) is 55.5 Å². The number of fused-ring (bicyclic) bond motifs is 3. The fourth-order valence-electron chi connectivity index (χ4n) is 6.88. The Morgan fingerprint density at radius 1 is 1.15 bits per heavy atom. The molecule has 1 spiro atoms. The summed E-state index contributed by atoms with van der Waals surface area (Å²) in [7, 11) is 0. The Morgan fingerprint density at radius 3 is 2.54 bits per heavy atom. The lowest BCUT2D eigenvalue weighted by atomic mass is 9.73. The molecule has 2 N–H and O–H groups in total. The smallest absolute Gasteiger partial charge is 0.418 e. The number of nitrogens with zero attached hydrogens (tertiary/aromatic N) is 3. The van der Waals surface area contributed by atoms with Crippen LogP contribution in [0.1, 0.15) is 61.3 Å². The Morgan fingerprint density at radius 2 is 1.88 bits per heavy atom. The lowest BCUT2D eigenvalue weighted by Gasteiger charge is -2.48. The highest BCUT2D eigenvalue weighted by Crippen LogP contribution is 2.48. The van der Waals surface area contributed by atoms with Crippen LogP contribution in [0.15, 0.2) is 30.3 Å². The number of alkyl halides is 3. The summed E-state index contributed by atoms with van der Waals surface area (Å²) >= 11 is 0.